The smallest absolute Gasteiger partial charge is 0.225 e. The quantitative estimate of drug-likeness (QED) is 0.724. The summed E-state index contributed by atoms with van der Waals surface area (Å²) < 4.78 is 0. The molecule has 4 atom stereocenters. The number of carbonyl (C=O) groups is 2. The summed E-state index contributed by atoms with van der Waals surface area (Å²) >= 11 is 0. The van der Waals surface area contributed by atoms with Crippen molar-refractivity contribution < 1.29 is 9.59 Å². The number of amides is 2. The predicted molar refractivity (Wildman–Crippen MR) is 60.6 cm³/mol. The normalized spacial score (nSPS) is 38.5. The van der Waals surface area contributed by atoms with Crippen molar-refractivity contribution in [3.05, 3.63) is 0 Å². The Kier molecular flexibility index (Phi) is 3.17. The molecule has 2 rings (SSSR count). The molecular formula is C12H20N2O2. The molecule has 1 aliphatic heterocycles. The van der Waals surface area contributed by atoms with Crippen LogP contribution in [-0.4, -0.2) is 24.4 Å². The average molecular weight is 224 g/mol. The van der Waals surface area contributed by atoms with Gasteiger partial charge in [0.15, 0.2) is 0 Å². The molecule has 16 heavy (non-hydrogen) atoms. The first-order valence-corrected chi connectivity index (χ1v) is 6.15. The number of hydrogen-bond donors (Lipinski definition) is 2. The molecule has 1 heterocycles. The van der Waals surface area contributed by atoms with Gasteiger partial charge in [-0.2, -0.15) is 0 Å². The van der Waals surface area contributed by atoms with Crippen LogP contribution in [0.2, 0.25) is 0 Å². The van der Waals surface area contributed by atoms with E-state index in [2.05, 4.69) is 24.5 Å². The Bertz CT molecular complexity index is 303. The molecule has 1 saturated carbocycles. The first-order chi connectivity index (χ1) is 7.58. The van der Waals surface area contributed by atoms with Gasteiger partial charge >= 0.3 is 0 Å². The maximum atomic E-state index is 11.9. The van der Waals surface area contributed by atoms with E-state index in [-0.39, 0.29) is 17.7 Å². The van der Waals surface area contributed by atoms with Gasteiger partial charge in [0.1, 0.15) is 0 Å². The van der Waals surface area contributed by atoms with E-state index < -0.39 is 0 Å². The third-order valence-electron chi connectivity index (χ3n) is 4.14. The summed E-state index contributed by atoms with van der Waals surface area (Å²) in [4.78, 5) is 22.9. The first kappa shape index (κ1) is 11.4. The molecule has 0 bridgehead atoms. The van der Waals surface area contributed by atoms with Crippen molar-refractivity contribution in [1.82, 2.24) is 10.6 Å². The summed E-state index contributed by atoms with van der Waals surface area (Å²) in [6.45, 7) is 4.93. The van der Waals surface area contributed by atoms with E-state index in [9.17, 15) is 9.59 Å². The Balaban J connectivity index is 1.85. The molecule has 2 N–H and O–H groups in total. The van der Waals surface area contributed by atoms with Crippen molar-refractivity contribution in [1.29, 1.82) is 0 Å². The van der Waals surface area contributed by atoms with Crippen LogP contribution in [-0.2, 0) is 9.59 Å². The molecule has 4 heteroatoms. The molecule has 0 aromatic heterocycles. The van der Waals surface area contributed by atoms with E-state index in [1.807, 2.05) is 0 Å². The van der Waals surface area contributed by atoms with E-state index in [1.54, 1.807) is 0 Å². The van der Waals surface area contributed by atoms with Gasteiger partial charge in [0, 0.05) is 19.0 Å². The van der Waals surface area contributed by atoms with Crippen LogP contribution in [0.25, 0.3) is 0 Å². The maximum Gasteiger partial charge on any atom is 0.225 e. The molecule has 2 amide bonds. The zero-order chi connectivity index (χ0) is 11.7. The Hall–Kier alpha value is -1.06. The van der Waals surface area contributed by atoms with Crippen molar-refractivity contribution in [2.45, 2.75) is 39.2 Å². The minimum atomic E-state index is -0.157. The van der Waals surface area contributed by atoms with E-state index in [0.29, 0.717) is 30.8 Å². The lowest BCUT2D eigenvalue weighted by Gasteiger charge is -2.21. The molecule has 4 nitrogen and oxygen atoms in total. The van der Waals surface area contributed by atoms with Crippen LogP contribution < -0.4 is 10.6 Å². The van der Waals surface area contributed by atoms with Gasteiger partial charge in [-0.1, -0.05) is 13.8 Å². The summed E-state index contributed by atoms with van der Waals surface area (Å²) in [6.07, 6.45) is 2.61. The van der Waals surface area contributed by atoms with Crippen LogP contribution in [0, 0.1) is 17.8 Å². The van der Waals surface area contributed by atoms with Crippen molar-refractivity contribution in [3.63, 3.8) is 0 Å². The average Bonchev–Trinajstić information content (AvgIpc) is 2.79. The molecule has 2 aliphatic rings. The standard InChI is InChI=1S/C12H20N2O2/c1-7-3-4-10(8(7)2)14-12(16)9-5-11(15)13-6-9/h7-10H,3-6H2,1-2H3,(H,13,15)(H,14,16). The van der Waals surface area contributed by atoms with Gasteiger partial charge in [-0.25, -0.2) is 0 Å². The van der Waals surface area contributed by atoms with E-state index in [1.165, 1.54) is 6.42 Å². The van der Waals surface area contributed by atoms with Gasteiger partial charge in [-0.3, -0.25) is 9.59 Å². The molecule has 4 unspecified atom stereocenters. The second kappa shape index (κ2) is 4.44. The Morgan fingerprint density at radius 1 is 1.38 bits per heavy atom. The highest BCUT2D eigenvalue weighted by Crippen LogP contribution is 2.31. The highest BCUT2D eigenvalue weighted by atomic mass is 16.2. The van der Waals surface area contributed by atoms with Crippen molar-refractivity contribution in [3.8, 4) is 0 Å². The minimum Gasteiger partial charge on any atom is -0.355 e. The summed E-state index contributed by atoms with van der Waals surface area (Å²) in [5.41, 5.74) is 0. The number of carbonyl (C=O) groups excluding carboxylic acids is 2. The van der Waals surface area contributed by atoms with Gasteiger partial charge in [0.05, 0.1) is 5.92 Å². The van der Waals surface area contributed by atoms with Gasteiger partial charge in [-0.05, 0) is 24.7 Å². The maximum absolute atomic E-state index is 11.9. The second-order valence-electron chi connectivity index (χ2n) is 5.23. The van der Waals surface area contributed by atoms with Gasteiger partial charge in [0.2, 0.25) is 11.8 Å². The monoisotopic (exact) mass is 224 g/mol. The van der Waals surface area contributed by atoms with Gasteiger partial charge in [0.25, 0.3) is 0 Å². The lowest BCUT2D eigenvalue weighted by molar-refractivity contribution is -0.127. The SMILES string of the molecule is CC1CCC(NC(=O)C2CNC(=O)C2)C1C. The van der Waals surface area contributed by atoms with Crippen LogP contribution in [0.3, 0.4) is 0 Å². The molecule has 1 aliphatic carbocycles. The molecule has 0 spiro atoms. The molecule has 0 aromatic carbocycles. The minimum absolute atomic E-state index is 0.00649. The summed E-state index contributed by atoms with van der Waals surface area (Å²) in [5.74, 6) is 1.12. The highest BCUT2D eigenvalue weighted by molar-refractivity contribution is 5.89. The summed E-state index contributed by atoms with van der Waals surface area (Å²) in [7, 11) is 0. The number of rotatable bonds is 2. The fraction of sp³-hybridized carbons (Fsp3) is 0.833. The highest BCUT2D eigenvalue weighted by Gasteiger charge is 2.34. The third-order valence-corrected chi connectivity index (χ3v) is 4.14. The molecule has 1 saturated heterocycles. The van der Waals surface area contributed by atoms with Gasteiger partial charge in [-0.15, -0.1) is 0 Å². The van der Waals surface area contributed by atoms with Crippen LogP contribution in [0.15, 0.2) is 0 Å². The number of nitrogens with one attached hydrogen (secondary N) is 2. The molecule has 0 aromatic rings. The van der Waals surface area contributed by atoms with Gasteiger partial charge < -0.3 is 10.6 Å². The van der Waals surface area contributed by atoms with E-state index in [0.717, 1.165) is 6.42 Å². The lowest BCUT2D eigenvalue weighted by Crippen LogP contribution is -2.41. The van der Waals surface area contributed by atoms with Crippen molar-refractivity contribution in [2.75, 3.05) is 6.54 Å². The lowest BCUT2D eigenvalue weighted by atomic mass is 9.97. The Labute approximate surface area is 96.2 Å². The zero-order valence-electron chi connectivity index (χ0n) is 9.95. The fourth-order valence-electron chi connectivity index (χ4n) is 2.66. The fourth-order valence-corrected chi connectivity index (χ4v) is 2.66. The predicted octanol–water partition coefficient (Wildman–Crippen LogP) is 0.673. The van der Waals surface area contributed by atoms with Crippen molar-refractivity contribution in [2.24, 2.45) is 17.8 Å². The van der Waals surface area contributed by atoms with Crippen LogP contribution in [0.1, 0.15) is 33.1 Å². The van der Waals surface area contributed by atoms with E-state index >= 15 is 0 Å². The largest absolute Gasteiger partial charge is 0.355 e. The first-order valence-electron chi connectivity index (χ1n) is 6.15. The Morgan fingerprint density at radius 2 is 2.12 bits per heavy atom. The van der Waals surface area contributed by atoms with Crippen LogP contribution in [0.4, 0.5) is 0 Å². The number of hydrogen-bond acceptors (Lipinski definition) is 2. The third kappa shape index (κ3) is 2.20. The van der Waals surface area contributed by atoms with Crippen LogP contribution >= 0.6 is 0 Å². The topological polar surface area (TPSA) is 58.2 Å². The summed E-state index contributed by atoms with van der Waals surface area (Å²) in [6, 6.07) is 0.304. The summed E-state index contributed by atoms with van der Waals surface area (Å²) in [5, 5.41) is 5.79. The Morgan fingerprint density at radius 3 is 2.62 bits per heavy atom. The molecular weight excluding hydrogens is 204 g/mol. The van der Waals surface area contributed by atoms with Crippen molar-refractivity contribution >= 4 is 11.8 Å². The second-order valence-corrected chi connectivity index (χ2v) is 5.23. The molecule has 2 fully saturated rings. The van der Waals surface area contributed by atoms with Crippen LogP contribution in [0.5, 0.6) is 0 Å². The molecule has 90 valence electrons. The van der Waals surface area contributed by atoms with E-state index in [4.69, 9.17) is 0 Å². The zero-order valence-corrected chi connectivity index (χ0v) is 9.95. The molecule has 0 radical (unpaired) electrons.